The Morgan fingerprint density at radius 2 is 2.07 bits per heavy atom. The second-order valence-corrected chi connectivity index (χ2v) is 8.03. The molecule has 3 aromatic rings. The van der Waals surface area contributed by atoms with Crippen LogP contribution in [-0.4, -0.2) is 47.9 Å². The summed E-state index contributed by atoms with van der Waals surface area (Å²) in [6.45, 7) is 2.17. The van der Waals surface area contributed by atoms with E-state index in [4.69, 9.17) is 11.6 Å². The Kier molecular flexibility index (Phi) is 6.02. The molecule has 0 aliphatic heterocycles. The molecule has 0 saturated carbocycles. The quantitative estimate of drug-likeness (QED) is 0.598. The number of aromatic amines is 1. The number of aromatic nitrogens is 2. The lowest BCUT2D eigenvalue weighted by Gasteiger charge is -2.08. The number of aryl methyl sites for hydroxylation is 1. The summed E-state index contributed by atoms with van der Waals surface area (Å²) >= 11 is 7.28. The van der Waals surface area contributed by atoms with Gasteiger partial charge in [-0.15, -0.1) is 11.3 Å². The van der Waals surface area contributed by atoms with Crippen LogP contribution in [0.5, 0.6) is 0 Å². The van der Waals surface area contributed by atoms with Crippen LogP contribution in [0.2, 0.25) is 5.02 Å². The zero-order valence-electron chi connectivity index (χ0n) is 16.3. The van der Waals surface area contributed by atoms with Crippen LogP contribution in [0.4, 0.5) is 5.69 Å². The number of esters is 1. The number of nitrogens with zero attached hydrogens (tertiary/aromatic N) is 2. The minimum Gasteiger partial charge on any atom is -0.465 e. The molecule has 8 nitrogen and oxygen atoms in total. The van der Waals surface area contributed by atoms with Crippen molar-refractivity contribution in [3.05, 3.63) is 55.4 Å². The zero-order valence-corrected chi connectivity index (χ0v) is 17.8. The number of carbonyl (C=O) groups excluding carboxylic acids is 2. The number of rotatable bonds is 5. The molecule has 3 rings (SSSR count). The highest BCUT2D eigenvalue weighted by atomic mass is 35.5. The number of benzene rings is 1. The maximum Gasteiger partial charge on any atom is 0.337 e. The molecule has 0 spiro atoms. The lowest BCUT2D eigenvalue weighted by molar-refractivity contribution is 0.0600. The first-order chi connectivity index (χ1) is 13.7. The molecule has 0 aliphatic rings. The van der Waals surface area contributed by atoms with Crippen molar-refractivity contribution in [1.82, 2.24) is 14.9 Å². The molecular weight excluding hydrogens is 416 g/mol. The molecule has 2 heterocycles. The van der Waals surface area contributed by atoms with E-state index in [1.165, 1.54) is 25.3 Å². The summed E-state index contributed by atoms with van der Waals surface area (Å²) in [4.78, 5) is 47.0. The van der Waals surface area contributed by atoms with E-state index in [1.54, 1.807) is 6.92 Å². The maximum atomic E-state index is 12.9. The topological polar surface area (TPSA) is 104 Å². The first-order valence-electron chi connectivity index (χ1n) is 8.57. The van der Waals surface area contributed by atoms with Crippen LogP contribution >= 0.6 is 22.9 Å². The largest absolute Gasteiger partial charge is 0.465 e. The average Bonchev–Trinajstić information content (AvgIpc) is 2.99. The second kappa shape index (κ2) is 8.32. The summed E-state index contributed by atoms with van der Waals surface area (Å²) in [6.07, 6.45) is 0. The van der Waals surface area contributed by atoms with Gasteiger partial charge in [0.15, 0.2) is 0 Å². The molecule has 2 aromatic heterocycles. The summed E-state index contributed by atoms with van der Waals surface area (Å²) < 4.78 is 4.69. The maximum absolute atomic E-state index is 12.9. The number of thiophene rings is 1. The zero-order chi connectivity index (χ0) is 21.3. The Bertz CT molecular complexity index is 1170. The molecule has 152 valence electrons. The van der Waals surface area contributed by atoms with Crippen molar-refractivity contribution < 1.29 is 14.3 Å². The van der Waals surface area contributed by atoms with Crippen LogP contribution in [0.1, 0.15) is 31.4 Å². The molecule has 1 aromatic carbocycles. The van der Waals surface area contributed by atoms with Gasteiger partial charge >= 0.3 is 5.97 Å². The van der Waals surface area contributed by atoms with Crippen molar-refractivity contribution in [1.29, 1.82) is 0 Å². The Morgan fingerprint density at radius 3 is 2.72 bits per heavy atom. The number of carbonyl (C=O) groups is 2. The Labute approximate surface area is 175 Å². The average molecular weight is 435 g/mol. The highest BCUT2D eigenvalue weighted by molar-refractivity contribution is 7.20. The number of hydrogen-bond donors (Lipinski definition) is 2. The smallest absolute Gasteiger partial charge is 0.337 e. The van der Waals surface area contributed by atoms with Crippen molar-refractivity contribution >= 4 is 50.7 Å². The summed E-state index contributed by atoms with van der Waals surface area (Å²) in [5.41, 5.74) is 0.775. The third-order valence-electron chi connectivity index (χ3n) is 4.16. The molecule has 0 bridgehead atoms. The first-order valence-corrected chi connectivity index (χ1v) is 9.77. The Morgan fingerprint density at radius 1 is 1.34 bits per heavy atom. The van der Waals surface area contributed by atoms with Gasteiger partial charge in [0.2, 0.25) is 0 Å². The van der Waals surface area contributed by atoms with Gasteiger partial charge in [-0.3, -0.25) is 9.59 Å². The number of H-pyrrole nitrogens is 1. The fourth-order valence-electron chi connectivity index (χ4n) is 2.82. The van der Waals surface area contributed by atoms with E-state index in [-0.39, 0.29) is 21.8 Å². The molecule has 2 N–H and O–H groups in total. The number of anilines is 1. The van der Waals surface area contributed by atoms with Crippen molar-refractivity contribution in [2.45, 2.75) is 13.5 Å². The van der Waals surface area contributed by atoms with E-state index in [2.05, 4.69) is 20.0 Å². The van der Waals surface area contributed by atoms with E-state index in [1.807, 2.05) is 19.0 Å². The minimum absolute atomic E-state index is 0.256. The van der Waals surface area contributed by atoms with Gasteiger partial charge in [-0.1, -0.05) is 11.6 Å². The minimum atomic E-state index is -0.542. The third kappa shape index (κ3) is 4.31. The number of amides is 1. The normalized spacial score (nSPS) is 11.1. The highest BCUT2D eigenvalue weighted by Crippen LogP contribution is 2.29. The molecule has 0 fully saturated rings. The van der Waals surface area contributed by atoms with Crippen LogP contribution in [0.25, 0.3) is 10.2 Å². The third-order valence-corrected chi connectivity index (χ3v) is 5.67. The summed E-state index contributed by atoms with van der Waals surface area (Å²) in [6, 6.07) is 4.44. The van der Waals surface area contributed by atoms with Crippen molar-refractivity contribution in [2.24, 2.45) is 0 Å². The molecule has 10 heteroatoms. The molecule has 0 radical (unpaired) electrons. The lowest BCUT2D eigenvalue weighted by Crippen LogP contribution is -2.18. The summed E-state index contributed by atoms with van der Waals surface area (Å²) in [5, 5.41) is 3.36. The van der Waals surface area contributed by atoms with Gasteiger partial charge in [0.25, 0.3) is 11.5 Å². The van der Waals surface area contributed by atoms with Gasteiger partial charge in [0.1, 0.15) is 10.7 Å². The van der Waals surface area contributed by atoms with Gasteiger partial charge in [-0.2, -0.15) is 0 Å². The number of hydrogen-bond acceptors (Lipinski definition) is 7. The Hall–Kier alpha value is -2.75. The summed E-state index contributed by atoms with van der Waals surface area (Å²) in [7, 11) is 5.01. The second-order valence-electron chi connectivity index (χ2n) is 6.63. The predicted molar refractivity (Wildman–Crippen MR) is 113 cm³/mol. The van der Waals surface area contributed by atoms with Gasteiger partial charge < -0.3 is 19.9 Å². The van der Waals surface area contributed by atoms with Crippen LogP contribution in [0.3, 0.4) is 0 Å². The van der Waals surface area contributed by atoms with Crippen LogP contribution in [-0.2, 0) is 11.3 Å². The summed E-state index contributed by atoms with van der Waals surface area (Å²) in [5.74, 6) is -0.461. The molecule has 0 saturated heterocycles. The van der Waals surface area contributed by atoms with E-state index < -0.39 is 11.9 Å². The fourth-order valence-corrected chi connectivity index (χ4v) is 4.09. The molecule has 1 amide bonds. The molecular formula is C19H19ClN4O4S. The van der Waals surface area contributed by atoms with E-state index in [0.717, 1.165) is 11.3 Å². The standard InChI is InChI=1S/C19H19ClN4O4S/c1-9-14-16(25)22-13(8-24(2)3)23-18(14)29-15(9)17(26)21-12-7-10(19(27)28-4)5-6-11(12)20/h5-7H,8H2,1-4H3,(H,21,26)(H,22,23,25). The van der Waals surface area contributed by atoms with E-state index in [0.29, 0.717) is 33.0 Å². The lowest BCUT2D eigenvalue weighted by atomic mass is 10.2. The predicted octanol–water partition coefficient (Wildman–Crippen LogP) is 3.05. The molecule has 0 atom stereocenters. The number of nitrogens with one attached hydrogen (secondary N) is 2. The van der Waals surface area contributed by atoms with Gasteiger partial charge in [-0.05, 0) is 44.8 Å². The first kappa shape index (κ1) is 21.0. The van der Waals surface area contributed by atoms with E-state index in [9.17, 15) is 14.4 Å². The number of fused-ring (bicyclic) bond motifs is 1. The monoisotopic (exact) mass is 434 g/mol. The highest BCUT2D eigenvalue weighted by Gasteiger charge is 2.21. The fraction of sp³-hybridized carbons (Fsp3) is 0.263. The van der Waals surface area contributed by atoms with Crippen molar-refractivity contribution in [2.75, 3.05) is 26.5 Å². The Balaban J connectivity index is 1.98. The van der Waals surface area contributed by atoms with Crippen LogP contribution in [0, 0.1) is 6.92 Å². The van der Waals surface area contributed by atoms with Gasteiger partial charge in [0, 0.05) is 0 Å². The van der Waals surface area contributed by atoms with Crippen molar-refractivity contribution in [3.63, 3.8) is 0 Å². The molecule has 29 heavy (non-hydrogen) atoms. The van der Waals surface area contributed by atoms with Crippen LogP contribution in [0.15, 0.2) is 23.0 Å². The van der Waals surface area contributed by atoms with Gasteiger partial charge in [0.05, 0.1) is 40.2 Å². The van der Waals surface area contributed by atoms with Crippen molar-refractivity contribution in [3.8, 4) is 0 Å². The SMILES string of the molecule is COC(=O)c1ccc(Cl)c(NC(=O)c2sc3nc(CN(C)C)[nH]c(=O)c3c2C)c1. The van der Waals surface area contributed by atoms with E-state index >= 15 is 0 Å². The number of ether oxygens (including phenoxy) is 1. The van der Waals surface area contributed by atoms with Crippen LogP contribution < -0.4 is 10.9 Å². The molecule has 0 unspecified atom stereocenters. The number of halogens is 1. The molecule has 0 aliphatic carbocycles. The number of methoxy groups -OCH3 is 1. The van der Waals surface area contributed by atoms with Gasteiger partial charge in [-0.25, -0.2) is 9.78 Å².